The maximum absolute atomic E-state index is 12.5. The van der Waals surface area contributed by atoms with Crippen molar-refractivity contribution in [3.63, 3.8) is 0 Å². The van der Waals surface area contributed by atoms with Gasteiger partial charge < -0.3 is 15.1 Å². The first-order valence-electron chi connectivity index (χ1n) is 7.72. The molecular formula is C18H17N3O2. The van der Waals surface area contributed by atoms with Gasteiger partial charge in [-0.3, -0.25) is 4.79 Å². The fourth-order valence-electron chi connectivity index (χ4n) is 3.04. The highest BCUT2D eigenvalue weighted by Gasteiger charge is 2.29. The molecule has 3 aromatic rings. The lowest BCUT2D eigenvalue weighted by Gasteiger charge is -2.12. The molecular weight excluding hydrogens is 290 g/mol. The van der Waals surface area contributed by atoms with Crippen LogP contribution in [0.3, 0.4) is 0 Å². The molecule has 0 spiro atoms. The maximum Gasteiger partial charge on any atom is 0.251 e. The number of nitrogens with zero attached hydrogens (tertiary/aromatic N) is 1. The van der Waals surface area contributed by atoms with Crippen LogP contribution in [0.4, 0.5) is 0 Å². The minimum Gasteiger partial charge on any atom is -0.447 e. The number of carbonyl (C=O) groups excluding carboxylic acids is 1. The normalized spacial score (nSPS) is 20.7. The lowest BCUT2D eigenvalue weighted by atomic mass is 10.1. The van der Waals surface area contributed by atoms with Gasteiger partial charge in [0, 0.05) is 18.2 Å². The van der Waals surface area contributed by atoms with Crippen LogP contribution in [-0.2, 0) is 0 Å². The van der Waals surface area contributed by atoms with E-state index in [4.69, 9.17) is 4.42 Å². The van der Waals surface area contributed by atoms with E-state index in [2.05, 4.69) is 15.6 Å². The number of hydrogen-bond donors (Lipinski definition) is 2. The highest BCUT2D eigenvalue weighted by atomic mass is 16.3. The number of oxazole rings is 1. The summed E-state index contributed by atoms with van der Waals surface area (Å²) in [6.45, 7) is 0.715. The Kier molecular flexibility index (Phi) is 3.55. The van der Waals surface area contributed by atoms with Crippen LogP contribution in [0.1, 0.15) is 28.7 Å². The number of fused-ring (bicyclic) bond motifs is 1. The predicted molar refractivity (Wildman–Crippen MR) is 87.1 cm³/mol. The summed E-state index contributed by atoms with van der Waals surface area (Å²) in [6.07, 6.45) is 3.98. The second kappa shape index (κ2) is 5.85. The number of aromatic nitrogens is 1. The Hall–Kier alpha value is -2.66. The van der Waals surface area contributed by atoms with E-state index in [1.54, 1.807) is 12.5 Å². The summed E-state index contributed by atoms with van der Waals surface area (Å²) in [5, 5.41) is 8.61. The largest absolute Gasteiger partial charge is 0.447 e. The second-order valence-electron chi connectivity index (χ2n) is 5.80. The van der Waals surface area contributed by atoms with Crippen molar-refractivity contribution in [2.24, 2.45) is 0 Å². The zero-order valence-corrected chi connectivity index (χ0v) is 12.5. The number of carbonyl (C=O) groups is 1. The van der Waals surface area contributed by atoms with Crippen molar-refractivity contribution in [1.29, 1.82) is 0 Å². The monoisotopic (exact) mass is 307 g/mol. The lowest BCUT2D eigenvalue weighted by Crippen LogP contribution is -2.36. The molecule has 1 fully saturated rings. The zero-order valence-electron chi connectivity index (χ0n) is 12.5. The molecule has 4 rings (SSSR count). The third-order valence-electron chi connectivity index (χ3n) is 4.23. The highest BCUT2D eigenvalue weighted by molar-refractivity contribution is 5.98. The first-order valence-corrected chi connectivity index (χ1v) is 7.72. The quantitative estimate of drug-likeness (QED) is 0.780. The second-order valence-corrected chi connectivity index (χ2v) is 5.80. The predicted octanol–water partition coefficient (Wildman–Crippen LogP) is 2.66. The Labute approximate surface area is 133 Å². The number of rotatable bonds is 3. The van der Waals surface area contributed by atoms with Gasteiger partial charge in [-0.2, -0.15) is 0 Å². The summed E-state index contributed by atoms with van der Waals surface area (Å²) >= 11 is 0. The molecule has 2 N–H and O–H groups in total. The van der Waals surface area contributed by atoms with Gasteiger partial charge in [-0.05, 0) is 29.3 Å². The average molecular weight is 307 g/mol. The highest BCUT2D eigenvalue weighted by Crippen LogP contribution is 2.22. The molecule has 0 radical (unpaired) electrons. The molecule has 2 heterocycles. The third kappa shape index (κ3) is 2.83. The van der Waals surface area contributed by atoms with Gasteiger partial charge in [0.2, 0.25) is 5.89 Å². The molecule has 23 heavy (non-hydrogen) atoms. The van der Waals surface area contributed by atoms with Crippen molar-refractivity contribution in [2.75, 3.05) is 6.54 Å². The number of nitrogens with one attached hydrogen (secondary N) is 2. The Morgan fingerprint density at radius 3 is 2.91 bits per heavy atom. The van der Waals surface area contributed by atoms with E-state index >= 15 is 0 Å². The van der Waals surface area contributed by atoms with Crippen LogP contribution in [0.5, 0.6) is 0 Å². The number of benzene rings is 2. The van der Waals surface area contributed by atoms with Gasteiger partial charge in [-0.1, -0.05) is 30.3 Å². The van der Waals surface area contributed by atoms with Gasteiger partial charge >= 0.3 is 0 Å². The third-order valence-corrected chi connectivity index (χ3v) is 4.23. The standard InChI is InChI=1S/C18H17N3O2/c22-17(14-6-5-12-3-1-2-4-13(12)9-14)21-15-10-16(20-11-15)18-19-7-8-23-18/h1-9,15-16,20H,10-11H2,(H,21,22). The lowest BCUT2D eigenvalue weighted by molar-refractivity contribution is 0.0939. The van der Waals surface area contributed by atoms with E-state index in [0.717, 1.165) is 17.2 Å². The van der Waals surface area contributed by atoms with Crippen LogP contribution in [0.25, 0.3) is 10.8 Å². The van der Waals surface area contributed by atoms with E-state index in [-0.39, 0.29) is 18.0 Å². The maximum atomic E-state index is 12.5. The Balaban J connectivity index is 1.45. The van der Waals surface area contributed by atoms with Gasteiger partial charge in [0.25, 0.3) is 5.91 Å². The Bertz CT molecular complexity index is 829. The van der Waals surface area contributed by atoms with Crippen molar-refractivity contribution >= 4 is 16.7 Å². The van der Waals surface area contributed by atoms with Crippen LogP contribution < -0.4 is 10.6 Å². The van der Waals surface area contributed by atoms with Crippen molar-refractivity contribution < 1.29 is 9.21 Å². The van der Waals surface area contributed by atoms with Crippen LogP contribution >= 0.6 is 0 Å². The topological polar surface area (TPSA) is 67.2 Å². The summed E-state index contributed by atoms with van der Waals surface area (Å²) in [5.74, 6) is 0.628. The molecule has 5 nitrogen and oxygen atoms in total. The summed E-state index contributed by atoms with van der Waals surface area (Å²) in [4.78, 5) is 16.6. The Morgan fingerprint density at radius 2 is 2.09 bits per heavy atom. The van der Waals surface area contributed by atoms with Crippen molar-refractivity contribution in [3.05, 3.63) is 66.4 Å². The Morgan fingerprint density at radius 1 is 1.22 bits per heavy atom. The van der Waals surface area contributed by atoms with E-state index < -0.39 is 0 Å². The molecule has 2 unspecified atom stereocenters. The molecule has 116 valence electrons. The average Bonchev–Trinajstić information content (AvgIpc) is 3.25. The summed E-state index contributed by atoms with van der Waals surface area (Å²) in [7, 11) is 0. The SMILES string of the molecule is O=C(NC1CNC(c2ncco2)C1)c1ccc2ccccc2c1. The molecule has 2 atom stereocenters. The van der Waals surface area contributed by atoms with Gasteiger partial charge in [-0.15, -0.1) is 0 Å². The molecule has 2 aromatic carbocycles. The molecule has 5 heteroatoms. The van der Waals surface area contributed by atoms with Crippen molar-refractivity contribution in [3.8, 4) is 0 Å². The van der Waals surface area contributed by atoms with Crippen LogP contribution in [0, 0.1) is 0 Å². The molecule has 1 saturated heterocycles. The molecule has 1 aliphatic rings. The molecule has 0 bridgehead atoms. The summed E-state index contributed by atoms with van der Waals surface area (Å²) in [5.41, 5.74) is 0.684. The fraction of sp³-hybridized carbons (Fsp3) is 0.222. The molecule has 1 aliphatic heterocycles. The molecule has 0 saturated carbocycles. The van der Waals surface area contributed by atoms with E-state index in [1.807, 2.05) is 42.5 Å². The molecule has 1 amide bonds. The van der Waals surface area contributed by atoms with E-state index in [9.17, 15) is 4.79 Å². The minimum atomic E-state index is -0.0457. The van der Waals surface area contributed by atoms with Crippen LogP contribution in [-0.4, -0.2) is 23.5 Å². The van der Waals surface area contributed by atoms with Gasteiger partial charge in [0.05, 0.1) is 12.2 Å². The van der Waals surface area contributed by atoms with Crippen molar-refractivity contribution in [1.82, 2.24) is 15.6 Å². The first kappa shape index (κ1) is 14.0. The van der Waals surface area contributed by atoms with Crippen molar-refractivity contribution in [2.45, 2.75) is 18.5 Å². The van der Waals surface area contributed by atoms with Crippen LogP contribution in [0.2, 0.25) is 0 Å². The summed E-state index contributed by atoms with van der Waals surface area (Å²) in [6, 6.07) is 13.9. The molecule has 0 aliphatic carbocycles. The molecule has 1 aromatic heterocycles. The van der Waals surface area contributed by atoms with Crippen LogP contribution in [0.15, 0.2) is 59.3 Å². The number of amides is 1. The van der Waals surface area contributed by atoms with Gasteiger partial charge in [0.15, 0.2) is 0 Å². The van der Waals surface area contributed by atoms with E-state index in [1.165, 1.54) is 0 Å². The number of hydrogen-bond acceptors (Lipinski definition) is 4. The minimum absolute atomic E-state index is 0.0457. The smallest absolute Gasteiger partial charge is 0.251 e. The zero-order chi connectivity index (χ0) is 15.6. The van der Waals surface area contributed by atoms with E-state index in [0.29, 0.717) is 18.0 Å². The summed E-state index contributed by atoms with van der Waals surface area (Å²) < 4.78 is 5.32. The van der Waals surface area contributed by atoms with Gasteiger partial charge in [0.1, 0.15) is 6.26 Å². The first-order chi connectivity index (χ1) is 11.3. The fourth-order valence-corrected chi connectivity index (χ4v) is 3.04. The van der Waals surface area contributed by atoms with Gasteiger partial charge in [-0.25, -0.2) is 4.98 Å².